The number of amides is 1. The molecule has 40 heavy (non-hydrogen) atoms. The molecule has 0 saturated carbocycles. The van der Waals surface area contributed by atoms with E-state index in [0.717, 1.165) is 5.69 Å². The lowest BCUT2D eigenvalue weighted by atomic mass is 9.94. The second-order valence-electron chi connectivity index (χ2n) is 9.40. The van der Waals surface area contributed by atoms with Gasteiger partial charge in [-0.15, -0.1) is 0 Å². The summed E-state index contributed by atoms with van der Waals surface area (Å²) in [6, 6.07) is 15.1. The monoisotopic (exact) mass is 544 g/mol. The minimum Gasteiger partial charge on any atom is -0.507 e. The molecule has 1 fully saturated rings. The lowest BCUT2D eigenvalue weighted by molar-refractivity contribution is -0.132. The molecule has 3 aromatic carbocycles. The molecule has 0 bridgehead atoms. The van der Waals surface area contributed by atoms with Crippen molar-refractivity contribution >= 4 is 40.1 Å². The lowest BCUT2D eigenvalue weighted by Crippen LogP contribution is -2.30. The van der Waals surface area contributed by atoms with Crippen LogP contribution in [0.25, 0.3) is 16.8 Å². The molecule has 1 aliphatic rings. The Balaban J connectivity index is 1.72. The molecule has 1 aromatic heterocycles. The summed E-state index contributed by atoms with van der Waals surface area (Å²) in [6.07, 6.45) is 0. The average Bonchev–Trinajstić information content (AvgIpc) is 3.46. The zero-order valence-electron chi connectivity index (χ0n) is 22.6. The third-order valence-corrected chi connectivity index (χ3v) is 6.65. The van der Waals surface area contributed by atoms with Gasteiger partial charge >= 0.3 is 5.91 Å². The summed E-state index contributed by atoms with van der Waals surface area (Å²) in [5.41, 5.74) is 2.38. The summed E-state index contributed by atoms with van der Waals surface area (Å²) in [7, 11) is 3.80. The highest BCUT2D eigenvalue weighted by Crippen LogP contribution is 2.43. The molecular formula is C30H29FN4O5. The van der Waals surface area contributed by atoms with Gasteiger partial charge < -0.3 is 24.5 Å². The normalized spacial score (nSPS) is 16.5. The largest absolute Gasteiger partial charge is 0.507 e. The number of anilines is 2. The van der Waals surface area contributed by atoms with E-state index in [9.17, 15) is 19.1 Å². The van der Waals surface area contributed by atoms with Crippen molar-refractivity contribution in [3.05, 3.63) is 83.2 Å². The number of fused-ring (bicyclic) bond motifs is 1. The number of H-pyrrole nitrogens is 1. The number of halogens is 1. The van der Waals surface area contributed by atoms with Crippen molar-refractivity contribution in [1.82, 2.24) is 9.97 Å². The maximum atomic E-state index is 13.9. The van der Waals surface area contributed by atoms with Crippen LogP contribution >= 0.6 is 0 Å². The zero-order valence-corrected chi connectivity index (χ0v) is 22.6. The average molecular weight is 545 g/mol. The van der Waals surface area contributed by atoms with Crippen LogP contribution in [-0.4, -0.2) is 54.1 Å². The van der Waals surface area contributed by atoms with Gasteiger partial charge in [0.15, 0.2) is 0 Å². The number of Topliss-reactive ketones (excluding diaryl/α,β-unsaturated/α-hetero) is 1. The second-order valence-corrected chi connectivity index (χ2v) is 9.40. The number of hydrogen-bond donors (Lipinski definition) is 2. The summed E-state index contributed by atoms with van der Waals surface area (Å²) in [5.74, 6) is -1.74. The van der Waals surface area contributed by atoms with Crippen molar-refractivity contribution in [2.45, 2.75) is 19.9 Å². The minimum atomic E-state index is -1.03. The summed E-state index contributed by atoms with van der Waals surface area (Å²) in [4.78, 5) is 37.7. The number of ether oxygens (including phenoxy) is 2. The number of carbonyl (C=O) groups is 2. The van der Waals surface area contributed by atoms with Crippen LogP contribution in [0.3, 0.4) is 0 Å². The summed E-state index contributed by atoms with van der Waals surface area (Å²) in [5, 5.41) is 11.6. The molecular weight excluding hydrogens is 515 g/mol. The summed E-state index contributed by atoms with van der Waals surface area (Å²) in [6.45, 7) is 4.39. The van der Waals surface area contributed by atoms with Gasteiger partial charge in [-0.25, -0.2) is 9.37 Å². The zero-order chi connectivity index (χ0) is 28.6. The smallest absolute Gasteiger partial charge is 0.302 e. The van der Waals surface area contributed by atoms with Crippen molar-refractivity contribution in [1.29, 1.82) is 0 Å². The fourth-order valence-corrected chi connectivity index (χ4v) is 4.78. The summed E-state index contributed by atoms with van der Waals surface area (Å²) < 4.78 is 25.2. The van der Waals surface area contributed by atoms with Crippen molar-refractivity contribution in [2.24, 2.45) is 0 Å². The third kappa shape index (κ3) is 4.72. The molecule has 0 spiro atoms. The highest BCUT2D eigenvalue weighted by molar-refractivity contribution is 6.51. The van der Waals surface area contributed by atoms with Crippen LogP contribution in [-0.2, 0) is 9.59 Å². The second kappa shape index (κ2) is 10.7. The first-order valence-electron chi connectivity index (χ1n) is 12.9. The van der Waals surface area contributed by atoms with Gasteiger partial charge in [0, 0.05) is 25.8 Å². The fraction of sp³-hybridized carbons (Fsp3) is 0.233. The first-order valence-corrected chi connectivity index (χ1v) is 12.9. The van der Waals surface area contributed by atoms with E-state index in [-0.39, 0.29) is 17.1 Å². The number of nitrogens with one attached hydrogen (secondary N) is 1. The van der Waals surface area contributed by atoms with Crippen LogP contribution in [0.4, 0.5) is 16.0 Å². The number of ketones is 1. The lowest BCUT2D eigenvalue weighted by Gasteiger charge is -2.24. The van der Waals surface area contributed by atoms with Gasteiger partial charge in [-0.2, -0.15) is 0 Å². The molecule has 9 nitrogen and oxygen atoms in total. The van der Waals surface area contributed by atoms with Crippen LogP contribution < -0.4 is 19.3 Å². The van der Waals surface area contributed by atoms with Crippen molar-refractivity contribution in [3.8, 4) is 11.5 Å². The minimum absolute atomic E-state index is 0.0557. The molecule has 1 aliphatic heterocycles. The van der Waals surface area contributed by atoms with Gasteiger partial charge in [0.25, 0.3) is 5.78 Å². The quantitative estimate of drug-likeness (QED) is 0.179. The highest BCUT2D eigenvalue weighted by Gasteiger charge is 2.48. The Labute approximate surface area is 230 Å². The standard InChI is InChI=1S/C30H29FN4O5/c1-5-39-20-12-13-21(24(16-20)40-6-2)27(36)25-26(17-7-10-19(11-8-17)34(3)4)35(29(38)28(25)37)30-32-22-14-9-18(31)15-23(22)33-30/h7-16,26,36H,5-6H2,1-4H3,(H,32,33)/b27-25+. The van der Waals surface area contributed by atoms with Gasteiger partial charge in [-0.1, -0.05) is 12.1 Å². The number of benzene rings is 3. The number of carbonyl (C=O) groups excluding carboxylic acids is 2. The highest BCUT2D eigenvalue weighted by atomic mass is 19.1. The summed E-state index contributed by atoms with van der Waals surface area (Å²) >= 11 is 0. The molecule has 1 saturated heterocycles. The molecule has 2 heterocycles. The number of aromatic nitrogens is 2. The number of aliphatic hydroxyl groups is 1. The molecule has 4 aromatic rings. The molecule has 1 atom stereocenters. The Bertz CT molecular complexity index is 1630. The maximum absolute atomic E-state index is 13.9. The van der Waals surface area contributed by atoms with Crippen LogP contribution in [0.5, 0.6) is 11.5 Å². The van der Waals surface area contributed by atoms with Gasteiger partial charge in [0.05, 0.1) is 41.4 Å². The fourth-order valence-electron chi connectivity index (χ4n) is 4.78. The number of aromatic amines is 1. The topological polar surface area (TPSA) is 108 Å². The van der Waals surface area contributed by atoms with Crippen molar-refractivity contribution in [2.75, 3.05) is 37.1 Å². The molecule has 5 rings (SSSR count). The predicted molar refractivity (Wildman–Crippen MR) is 150 cm³/mol. The van der Waals surface area contributed by atoms with Gasteiger partial charge in [0.2, 0.25) is 5.95 Å². The number of imidazole rings is 1. The van der Waals surface area contributed by atoms with Gasteiger partial charge in [-0.3, -0.25) is 14.5 Å². The number of hydrogen-bond acceptors (Lipinski definition) is 7. The molecule has 0 radical (unpaired) electrons. The van der Waals surface area contributed by atoms with E-state index in [1.54, 1.807) is 37.3 Å². The molecule has 10 heteroatoms. The predicted octanol–water partition coefficient (Wildman–Crippen LogP) is 5.19. The number of rotatable bonds is 8. The first-order chi connectivity index (χ1) is 19.2. The van der Waals surface area contributed by atoms with Gasteiger partial charge in [0.1, 0.15) is 23.1 Å². The van der Waals surface area contributed by atoms with Crippen molar-refractivity contribution < 1.29 is 28.6 Å². The Morgan fingerprint density at radius 1 is 1.02 bits per heavy atom. The van der Waals surface area contributed by atoms with E-state index < -0.39 is 29.3 Å². The van der Waals surface area contributed by atoms with E-state index in [4.69, 9.17) is 9.47 Å². The van der Waals surface area contributed by atoms with E-state index in [1.165, 1.54) is 23.1 Å². The first kappa shape index (κ1) is 26.7. The Kier molecular flexibility index (Phi) is 7.17. The molecule has 2 N–H and O–H groups in total. The van der Waals surface area contributed by atoms with Crippen LogP contribution in [0.15, 0.2) is 66.2 Å². The molecule has 1 unspecified atom stereocenters. The van der Waals surface area contributed by atoms with Crippen LogP contribution in [0.1, 0.15) is 31.0 Å². The number of aliphatic hydroxyl groups excluding tert-OH is 1. The Hall–Kier alpha value is -4.86. The SMILES string of the molecule is CCOc1ccc(/C(O)=C2\C(=O)C(=O)N(c3nc4ccc(F)cc4[nH]3)C2c2ccc(N(C)C)cc2)c(OCC)c1. The third-order valence-electron chi connectivity index (χ3n) is 6.65. The number of nitrogens with zero attached hydrogens (tertiary/aromatic N) is 3. The Morgan fingerprint density at radius 3 is 2.42 bits per heavy atom. The molecule has 1 amide bonds. The van der Waals surface area contributed by atoms with E-state index >= 15 is 0 Å². The van der Waals surface area contributed by atoms with Gasteiger partial charge in [-0.05, 0) is 61.9 Å². The molecule has 206 valence electrons. The van der Waals surface area contributed by atoms with E-state index in [2.05, 4.69) is 9.97 Å². The molecule has 0 aliphatic carbocycles. The van der Waals surface area contributed by atoms with Crippen LogP contribution in [0.2, 0.25) is 0 Å². The van der Waals surface area contributed by atoms with Crippen LogP contribution in [0, 0.1) is 5.82 Å². The van der Waals surface area contributed by atoms with E-state index in [0.29, 0.717) is 41.3 Å². The Morgan fingerprint density at radius 2 is 1.75 bits per heavy atom. The van der Waals surface area contributed by atoms with Crippen molar-refractivity contribution in [3.63, 3.8) is 0 Å². The maximum Gasteiger partial charge on any atom is 0.302 e. The van der Waals surface area contributed by atoms with E-state index in [1.807, 2.05) is 38.1 Å².